The second-order valence-electron chi connectivity index (χ2n) is 8.16. The number of rotatable bonds is 11. The quantitative estimate of drug-likeness (QED) is 0.309. The second kappa shape index (κ2) is 12.7. The van der Waals surface area contributed by atoms with Crippen molar-refractivity contribution >= 4 is 11.5 Å². The van der Waals surface area contributed by atoms with Gasteiger partial charge < -0.3 is 30.0 Å². The van der Waals surface area contributed by atoms with Crippen LogP contribution in [0.15, 0.2) is 48.8 Å². The van der Waals surface area contributed by atoms with Crippen LogP contribution in [0, 0.1) is 12.3 Å². The summed E-state index contributed by atoms with van der Waals surface area (Å²) in [6.07, 6.45) is 7.82. The monoisotopic (exact) mass is 489 g/mol. The average Bonchev–Trinajstić information content (AvgIpc) is 2.92. The molecule has 36 heavy (non-hydrogen) atoms. The molecule has 2 heterocycles. The van der Waals surface area contributed by atoms with Gasteiger partial charge in [-0.1, -0.05) is 12.0 Å². The van der Waals surface area contributed by atoms with Crippen molar-refractivity contribution in [2.45, 2.75) is 13.0 Å². The largest absolute Gasteiger partial charge is 0.493 e. The van der Waals surface area contributed by atoms with Crippen LogP contribution in [-0.4, -0.2) is 61.4 Å². The molecule has 9 nitrogen and oxygen atoms in total. The van der Waals surface area contributed by atoms with E-state index in [0.717, 1.165) is 56.1 Å². The molecule has 0 unspecified atom stereocenters. The van der Waals surface area contributed by atoms with Crippen LogP contribution in [-0.2, 0) is 11.3 Å². The van der Waals surface area contributed by atoms with Crippen molar-refractivity contribution < 1.29 is 18.9 Å². The zero-order valence-corrected chi connectivity index (χ0v) is 20.4. The van der Waals surface area contributed by atoms with Gasteiger partial charge >= 0.3 is 0 Å². The van der Waals surface area contributed by atoms with E-state index in [-0.39, 0.29) is 6.54 Å². The highest BCUT2D eigenvalue weighted by Gasteiger charge is 2.15. The zero-order chi connectivity index (χ0) is 25.2. The van der Waals surface area contributed by atoms with Crippen LogP contribution in [0.25, 0.3) is 0 Å². The minimum absolute atomic E-state index is 0.262. The smallest absolute Gasteiger partial charge is 0.224 e. The minimum atomic E-state index is 0.262. The average molecular weight is 490 g/mol. The Morgan fingerprint density at radius 3 is 2.75 bits per heavy atom. The molecule has 9 heteroatoms. The predicted octanol–water partition coefficient (Wildman–Crippen LogP) is 3.56. The van der Waals surface area contributed by atoms with Crippen LogP contribution in [0.3, 0.4) is 0 Å². The number of nitrogens with two attached hydrogens (primary N) is 1. The molecule has 0 saturated carbocycles. The Balaban J connectivity index is 1.42. The highest BCUT2D eigenvalue weighted by Crippen LogP contribution is 2.37. The maximum Gasteiger partial charge on any atom is 0.224 e. The zero-order valence-electron chi connectivity index (χ0n) is 20.4. The van der Waals surface area contributed by atoms with Gasteiger partial charge in [-0.05, 0) is 30.7 Å². The van der Waals surface area contributed by atoms with Crippen LogP contribution in [0.1, 0.15) is 17.5 Å². The number of nitrogens with one attached hydrogen (secondary N) is 1. The highest BCUT2D eigenvalue weighted by atomic mass is 16.5. The molecule has 4 rings (SSSR count). The van der Waals surface area contributed by atoms with Gasteiger partial charge in [-0.15, -0.1) is 6.42 Å². The van der Waals surface area contributed by atoms with Gasteiger partial charge in [0.1, 0.15) is 17.9 Å². The van der Waals surface area contributed by atoms with E-state index < -0.39 is 0 Å². The summed E-state index contributed by atoms with van der Waals surface area (Å²) in [5, 5.41) is 3.21. The molecule has 0 aliphatic carbocycles. The van der Waals surface area contributed by atoms with E-state index in [1.54, 1.807) is 19.2 Å². The van der Waals surface area contributed by atoms with Crippen LogP contribution >= 0.6 is 0 Å². The van der Waals surface area contributed by atoms with Crippen LogP contribution in [0.2, 0.25) is 0 Å². The van der Waals surface area contributed by atoms with E-state index in [9.17, 15) is 0 Å². The molecule has 188 valence electrons. The summed E-state index contributed by atoms with van der Waals surface area (Å²) >= 11 is 0. The first-order chi connectivity index (χ1) is 17.7. The molecule has 3 aromatic rings. The lowest BCUT2D eigenvalue weighted by Gasteiger charge is -2.26. The lowest BCUT2D eigenvalue weighted by atomic mass is 10.1. The number of hydrogen-bond donors (Lipinski definition) is 2. The van der Waals surface area contributed by atoms with Gasteiger partial charge in [0, 0.05) is 55.1 Å². The Morgan fingerprint density at radius 2 is 1.97 bits per heavy atom. The number of nitrogens with zero attached hydrogens (tertiary/aromatic N) is 3. The molecular formula is C27H31N5O4. The first-order valence-corrected chi connectivity index (χ1v) is 11.9. The molecule has 0 amide bonds. The van der Waals surface area contributed by atoms with Crippen molar-refractivity contribution in [2.24, 2.45) is 5.73 Å². The fourth-order valence-electron chi connectivity index (χ4n) is 3.82. The number of benzene rings is 2. The normalized spacial score (nSPS) is 13.6. The molecule has 0 bridgehead atoms. The Hall–Kier alpha value is -3.84. The highest BCUT2D eigenvalue weighted by molar-refractivity contribution is 5.59. The summed E-state index contributed by atoms with van der Waals surface area (Å²) in [6, 6.07) is 12.8. The summed E-state index contributed by atoms with van der Waals surface area (Å²) in [4.78, 5) is 10.9. The molecule has 1 saturated heterocycles. The Kier molecular flexibility index (Phi) is 8.94. The third-order valence-electron chi connectivity index (χ3n) is 5.70. The van der Waals surface area contributed by atoms with Crippen LogP contribution in [0.4, 0.5) is 11.5 Å². The van der Waals surface area contributed by atoms with Crippen LogP contribution in [0.5, 0.6) is 23.1 Å². The van der Waals surface area contributed by atoms with Crippen LogP contribution < -0.4 is 25.3 Å². The maximum atomic E-state index is 6.07. The van der Waals surface area contributed by atoms with Gasteiger partial charge in [0.15, 0.2) is 11.5 Å². The summed E-state index contributed by atoms with van der Waals surface area (Å²) in [5.41, 5.74) is 8.38. The minimum Gasteiger partial charge on any atom is -0.493 e. The van der Waals surface area contributed by atoms with Crippen molar-refractivity contribution in [2.75, 3.05) is 51.9 Å². The lowest BCUT2D eigenvalue weighted by molar-refractivity contribution is 0.0357. The third kappa shape index (κ3) is 6.86. The molecule has 0 spiro atoms. The summed E-state index contributed by atoms with van der Waals surface area (Å²) in [5.74, 6) is 5.27. The van der Waals surface area contributed by atoms with E-state index in [1.165, 1.54) is 6.33 Å². The van der Waals surface area contributed by atoms with Crippen molar-refractivity contribution in [3.8, 4) is 35.5 Å². The third-order valence-corrected chi connectivity index (χ3v) is 5.70. The Morgan fingerprint density at radius 1 is 1.11 bits per heavy atom. The number of ether oxygens (including phenoxy) is 4. The molecule has 3 N–H and O–H groups in total. The van der Waals surface area contributed by atoms with Gasteiger partial charge in [0.2, 0.25) is 5.88 Å². The predicted molar refractivity (Wildman–Crippen MR) is 138 cm³/mol. The van der Waals surface area contributed by atoms with Gasteiger partial charge in [-0.3, -0.25) is 4.90 Å². The first-order valence-electron chi connectivity index (χ1n) is 11.9. The molecule has 2 aromatic carbocycles. The van der Waals surface area contributed by atoms with Crippen molar-refractivity contribution in [1.29, 1.82) is 0 Å². The van der Waals surface area contributed by atoms with E-state index in [4.69, 9.17) is 31.1 Å². The Bertz CT molecular complexity index is 1190. The summed E-state index contributed by atoms with van der Waals surface area (Å²) in [6.45, 7) is 5.30. The molecule has 0 radical (unpaired) electrons. The number of terminal acetylenes is 1. The summed E-state index contributed by atoms with van der Waals surface area (Å²) < 4.78 is 23.1. The van der Waals surface area contributed by atoms with Crippen molar-refractivity contribution in [3.63, 3.8) is 0 Å². The number of methoxy groups -OCH3 is 1. The molecule has 1 aliphatic heterocycles. The van der Waals surface area contributed by atoms with Crippen molar-refractivity contribution in [3.05, 3.63) is 59.9 Å². The van der Waals surface area contributed by atoms with Gasteiger partial charge in [0.25, 0.3) is 0 Å². The van der Waals surface area contributed by atoms with E-state index >= 15 is 0 Å². The van der Waals surface area contributed by atoms with Gasteiger partial charge in [-0.25, -0.2) is 9.97 Å². The Labute approximate surface area is 211 Å². The lowest BCUT2D eigenvalue weighted by Crippen LogP contribution is -2.37. The standard InChI is InChI=1S/C27H31N5O4/c1-3-20-6-4-7-22(14-20)31-26-17-27(30-19-29-26)36-23-16-24(33-2)25(15-21(23)18-28)35-11-5-8-32-9-12-34-13-10-32/h1,4,6-7,14-17,19H,5,8-13,18,28H2,2H3,(H,29,30,31). The molecule has 1 aromatic heterocycles. The van der Waals surface area contributed by atoms with E-state index in [1.807, 2.05) is 30.3 Å². The molecule has 0 atom stereocenters. The first kappa shape index (κ1) is 25.3. The fraction of sp³-hybridized carbons (Fsp3) is 0.333. The van der Waals surface area contributed by atoms with Gasteiger partial charge in [0.05, 0.1) is 26.9 Å². The van der Waals surface area contributed by atoms with Gasteiger partial charge in [-0.2, -0.15) is 0 Å². The number of hydrogen-bond acceptors (Lipinski definition) is 9. The maximum absolute atomic E-state index is 6.07. The number of anilines is 2. The fourth-order valence-corrected chi connectivity index (χ4v) is 3.82. The van der Waals surface area contributed by atoms with Crippen molar-refractivity contribution in [1.82, 2.24) is 14.9 Å². The number of morpholine rings is 1. The molecule has 1 fully saturated rings. The second-order valence-corrected chi connectivity index (χ2v) is 8.16. The molecular weight excluding hydrogens is 458 g/mol. The summed E-state index contributed by atoms with van der Waals surface area (Å²) in [7, 11) is 1.60. The van der Waals surface area contributed by atoms with E-state index in [0.29, 0.717) is 35.6 Å². The SMILES string of the molecule is C#Cc1cccc(Nc2cc(Oc3cc(OC)c(OCCCN4CCOCC4)cc3CN)ncn2)c1. The molecule has 1 aliphatic rings. The topological polar surface area (TPSA) is 104 Å². The van der Waals surface area contributed by atoms with E-state index in [2.05, 4.69) is 26.1 Å². The number of aromatic nitrogens is 2.